The van der Waals surface area contributed by atoms with E-state index in [9.17, 15) is 9.59 Å². The predicted octanol–water partition coefficient (Wildman–Crippen LogP) is 4.04. The van der Waals surface area contributed by atoms with E-state index in [0.717, 1.165) is 4.47 Å². The molecule has 0 aliphatic carbocycles. The van der Waals surface area contributed by atoms with Crippen LogP contribution in [-0.4, -0.2) is 32.2 Å². The van der Waals surface area contributed by atoms with Crippen molar-refractivity contribution in [3.8, 4) is 0 Å². The van der Waals surface area contributed by atoms with E-state index in [-0.39, 0.29) is 23.5 Å². The molecular formula is C20H19BrN4O2S. The summed E-state index contributed by atoms with van der Waals surface area (Å²) in [4.78, 5) is 24.7. The molecule has 0 saturated carbocycles. The van der Waals surface area contributed by atoms with E-state index < -0.39 is 0 Å². The van der Waals surface area contributed by atoms with Crippen LogP contribution in [0.5, 0.6) is 0 Å². The highest BCUT2D eigenvalue weighted by atomic mass is 79.9. The number of carbonyl (C=O) groups excluding carboxylic acids is 2. The average molecular weight is 459 g/mol. The van der Waals surface area contributed by atoms with E-state index >= 15 is 0 Å². The molecule has 28 heavy (non-hydrogen) atoms. The minimum atomic E-state index is -0.318. The summed E-state index contributed by atoms with van der Waals surface area (Å²) in [6.07, 6.45) is 0. The van der Waals surface area contributed by atoms with Gasteiger partial charge in [0.05, 0.1) is 11.8 Å². The molecule has 0 radical (unpaired) electrons. The number of nitrogens with one attached hydrogen (secondary N) is 1. The molecule has 3 aromatic rings. The number of rotatable bonds is 7. The molecule has 6 nitrogen and oxygen atoms in total. The molecule has 1 atom stereocenters. The van der Waals surface area contributed by atoms with Crippen LogP contribution in [-0.2, 0) is 7.05 Å². The summed E-state index contributed by atoms with van der Waals surface area (Å²) in [6, 6.07) is 16.0. The van der Waals surface area contributed by atoms with Crippen molar-refractivity contribution in [3.63, 3.8) is 0 Å². The van der Waals surface area contributed by atoms with Crippen LogP contribution < -0.4 is 5.32 Å². The van der Waals surface area contributed by atoms with E-state index in [1.165, 1.54) is 11.8 Å². The third kappa shape index (κ3) is 4.88. The van der Waals surface area contributed by atoms with Crippen molar-refractivity contribution < 1.29 is 9.59 Å². The van der Waals surface area contributed by atoms with E-state index in [2.05, 4.69) is 31.4 Å². The quantitative estimate of drug-likeness (QED) is 0.426. The molecule has 1 heterocycles. The Morgan fingerprint density at radius 1 is 1.07 bits per heavy atom. The van der Waals surface area contributed by atoms with Gasteiger partial charge in [-0.1, -0.05) is 58.0 Å². The molecule has 1 N–H and O–H groups in total. The van der Waals surface area contributed by atoms with Crippen LogP contribution in [0, 0.1) is 0 Å². The van der Waals surface area contributed by atoms with Gasteiger partial charge < -0.3 is 9.88 Å². The van der Waals surface area contributed by atoms with Crippen molar-refractivity contribution in [1.29, 1.82) is 0 Å². The fourth-order valence-corrected chi connectivity index (χ4v) is 3.69. The summed E-state index contributed by atoms with van der Waals surface area (Å²) in [5.74, 6) is 0.740. The van der Waals surface area contributed by atoms with Gasteiger partial charge in [0.15, 0.2) is 16.8 Å². The topological polar surface area (TPSA) is 76.9 Å². The highest BCUT2D eigenvalue weighted by molar-refractivity contribution is 9.10. The molecule has 1 amide bonds. The number of thioether (sulfide) groups is 1. The minimum Gasteiger partial charge on any atom is -0.342 e. The van der Waals surface area contributed by atoms with E-state index in [1.54, 1.807) is 28.8 Å². The van der Waals surface area contributed by atoms with Gasteiger partial charge in [-0.15, -0.1) is 10.2 Å². The van der Waals surface area contributed by atoms with Crippen molar-refractivity contribution in [1.82, 2.24) is 20.1 Å². The fourth-order valence-electron chi connectivity index (χ4n) is 2.61. The molecule has 2 aromatic carbocycles. The molecule has 0 unspecified atom stereocenters. The summed E-state index contributed by atoms with van der Waals surface area (Å²) < 4.78 is 2.73. The lowest BCUT2D eigenvalue weighted by molar-refractivity contribution is 0.0937. The van der Waals surface area contributed by atoms with Gasteiger partial charge in [-0.05, 0) is 31.2 Å². The van der Waals surface area contributed by atoms with E-state index in [4.69, 9.17) is 0 Å². The highest BCUT2D eigenvalue weighted by Gasteiger charge is 2.19. The van der Waals surface area contributed by atoms with Crippen molar-refractivity contribution in [2.75, 3.05) is 5.75 Å². The lowest BCUT2D eigenvalue weighted by atomic mass is 10.2. The van der Waals surface area contributed by atoms with Crippen LogP contribution >= 0.6 is 27.7 Å². The van der Waals surface area contributed by atoms with Gasteiger partial charge in [-0.3, -0.25) is 9.59 Å². The fraction of sp³-hybridized carbons (Fsp3) is 0.200. The molecule has 0 aliphatic rings. The standard InChI is InChI=1S/C20H19BrN4O2S/c1-13(22-19(27)15-6-4-3-5-7-15)18-23-24-20(25(18)2)28-12-17(26)14-8-10-16(21)11-9-14/h3-11,13H,12H2,1-2H3,(H,22,27)/t13-/m0/s1. The largest absolute Gasteiger partial charge is 0.342 e. The van der Waals surface area contributed by atoms with E-state index in [0.29, 0.717) is 22.1 Å². The highest BCUT2D eigenvalue weighted by Crippen LogP contribution is 2.21. The predicted molar refractivity (Wildman–Crippen MR) is 113 cm³/mol. The van der Waals surface area contributed by atoms with Crippen molar-refractivity contribution in [2.45, 2.75) is 18.1 Å². The molecule has 0 fully saturated rings. The number of benzene rings is 2. The Balaban J connectivity index is 1.62. The van der Waals surface area contributed by atoms with Crippen LogP contribution in [0.1, 0.15) is 39.5 Å². The van der Waals surface area contributed by atoms with Crippen LogP contribution in [0.15, 0.2) is 64.2 Å². The summed E-state index contributed by atoms with van der Waals surface area (Å²) in [5.41, 5.74) is 1.24. The first-order valence-corrected chi connectivity index (χ1v) is 10.4. The first-order chi connectivity index (χ1) is 13.5. The lowest BCUT2D eigenvalue weighted by Crippen LogP contribution is -2.28. The summed E-state index contributed by atoms with van der Waals surface area (Å²) >= 11 is 4.68. The number of hydrogen-bond acceptors (Lipinski definition) is 5. The van der Waals surface area contributed by atoms with Crippen LogP contribution in [0.4, 0.5) is 0 Å². The third-order valence-electron chi connectivity index (χ3n) is 4.14. The van der Waals surface area contributed by atoms with Gasteiger partial charge in [0, 0.05) is 22.6 Å². The van der Waals surface area contributed by atoms with Gasteiger partial charge in [0.1, 0.15) is 0 Å². The van der Waals surface area contributed by atoms with Crippen LogP contribution in [0.25, 0.3) is 0 Å². The monoisotopic (exact) mass is 458 g/mol. The number of amides is 1. The van der Waals surface area contributed by atoms with Gasteiger partial charge in [0.25, 0.3) is 5.91 Å². The van der Waals surface area contributed by atoms with Gasteiger partial charge in [-0.2, -0.15) is 0 Å². The molecule has 3 rings (SSSR count). The van der Waals surface area contributed by atoms with Crippen LogP contribution in [0.3, 0.4) is 0 Å². The first kappa shape index (κ1) is 20.3. The van der Waals surface area contributed by atoms with Crippen molar-refractivity contribution >= 4 is 39.4 Å². The molecule has 8 heteroatoms. The van der Waals surface area contributed by atoms with Gasteiger partial charge in [-0.25, -0.2) is 0 Å². The molecule has 0 aliphatic heterocycles. The van der Waals surface area contributed by atoms with Crippen molar-refractivity contribution in [2.24, 2.45) is 7.05 Å². The maximum atomic E-state index is 12.3. The van der Waals surface area contributed by atoms with Crippen LogP contribution in [0.2, 0.25) is 0 Å². The Labute approximate surface area is 175 Å². The number of aromatic nitrogens is 3. The Morgan fingerprint density at radius 2 is 1.75 bits per heavy atom. The van der Waals surface area contributed by atoms with Gasteiger partial charge in [0.2, 0.25) is 0 Å². The maximum absolute atomic E-state index is 12.3. The summed E-state index contributed by atoms with van der Waals surface area (Å²) in [7, 11) is 1.83. The SMILES string of the molecule is C[C@H](NC(=O)c1ccccc1)c1nnc(SCC(=O)c2ccc(Br)cc2)n1C. The zero-order chi connectivity index (χ0) is 20.1. The smallest absolute Gasteiger partial charge is 0.251 e. The minimum absolute atomic E-state index is 0.0208. The number of halogens is 1. The molecule has 1 aromatic heterocycles. The number of ketones is 1. The Bertz CT molecular complexity index is 974. The zero-order valence-corrected chi connectivity index (χ0v) is 17.8. The third-order valence-corrected chi connectivity index (χ3v) is 5.69. The lowest BCUT2D eigenvalue weighted by Gasteiger charge is -2.13. The normalized spacial score (nSPS) is 11.8. The molecule has 144 valence electrons. The first-order valence-electron chi connectivity index (χ1n) is 8.62. The van der Waals surface area contributed by atoms with Gasteiger partial charge >= 0.3 is 0 Å². The number of hydrogen-bond donors (Lipinski definition) is 1. The molecular weight excluding hydrogens is 440 g/mol. The second-order valence-corrected chi connectivity index (χ2v) is 8.04. The second kappa shape index (κ2) is 9.16. The Hall–Kier alpha value is -2.45. The average Bonchev–Trinajstić information content (AvgIpc) is 3.08. The molecule has 0 saturated heterocycles. The maximum Gasteiger partial charge on any atom is 0.251 e. The summed E-state index contributed by atoms with van der Waals surface area (Å²) in [6.45, 7) is 1.85. The van der Waals surface area contributed by atoms with Crippen molar-refractivity contribution in [3.05, 3.63) is 76.0 Å². The number of Topliss-reactive ketones (excluding diaryl/α,β-unsaturated/α-hetero) is 1. The number of nitrogens with zero attached hydrogens (tertiary/aromatic N) is 3. The number of carbonyl (C=O) groups is 2. The second-order valence-electron chi connectivity index (χ2n) is 6.18. The zero-order valence-electron chi connectivity index (χ0n) is 15.4. The molecule has 0 bridgehead atoms. The molecule has 0 spiro atoms. The summed E-state index contributed by atoms with van der Waals surface area (Å²) in [5, 5.41) is 11.9. The van der Waals surface area contributed by atoms with E-state index in [1.807, 2.05) is 44.3 Å². The Kier molecular flexibility index (Phi) is 6.64. The Morgan fingerprint density at radius 3 is 2.43 bits per heavy atom.